The summed E-state index contributed by atoms with van der Waals surface area (Å²) in [6.45, 7) is 9.93. The molecule has 7 nitrogen and oxygen atoms in total. The average Bonchev–Trinajstić information content (AvgIpc) is 3.57. The van der Waals surface area contributed by atoms with E-state index in [-0.39, 0.29) is 29.2 Å². The van der Waals surface area contributed by atoms with Gasteiger partial charge in [0.1, 0.15) is 0 Å². The van der Waals surface area contributed by atoms with Gasteiger partial charge in [0.15, 0.2) is 5.49 Å². The highest BCUT2D eigenvalue weighted by Gasteiger charge is 2.33. The van der Waals surface area contributed by atoms with Crippen molar-refractivity contribution < 1.29 is 27.4 Å². The number of anilines is 1. The molecule has 0 bridgehead atoms. The molecule has 3 heterocycles. The van der Waals surface area contributed by atoms with E-state index < -0.39 is 17.6 Å². The quantitative estimate of drug-likeness (QED) is 0.577. The van der Waals surface area contributed by atoms with Crippen LogP contribution in [-0.2, 0) is 34.7 Å². The molecular formula is C27H37F3N4O3. The van der Waals surface area contributed by atoms with Gasteiger partial charge in [-0.3, -0.25) is 14.2 Å². The van der Waals surface area contributed by atoms with Gasteiger partial charge in [-0.05, 0) is 50.8 Å². The molecule has 1 N–H and O–H groups in total. The summed E-state index contributed by atoms with van der Waals surface area (Å²) >= 11 is 0. The van der Waals surface area contributed by atoms with Crippen LogP contribution in [0, 0.1) is 0 Å². The highest BCUT2D eigenvalue weighted by molar-refractivity contribution is 6.00. The van der Waals surface area contributed by atoms with Crippen LogP contribution in [0.15, 0.2) is 29.3 Å². The number of ether oxygens (including phenoxy) is 2. The van der Waals surface area contributed by atoms with Crippen LogP contribution >= 0.6 is 0 Å². The Morgan fingerprint density at radius 3 is 2.43 bits per heavy atom. The number of rotatable bonds is 6. The molecule has 1 unspecified atom stereocenters. The molecule has 0 aliphatic carbocycles. The molecule has 4 rings (SSSR count). The number of benzene rings is 1. The first kappa shape index (κ1) is 27.4. The van der Waals surface area contributed by atoms with Crippen molar-refractivity contribution in [3.63, 3.8) is 0 Å². The summed E-state index contributed by atoms with van der Waals surface area (Å²) in [5.74, 6) is -0.736. The van der Waals surface area contributed by atoms with Crippen LogP contribution in [0.25, 0.3) is 0 Å². The molecule has 204 valence electrons. The molecule has 1 aromatic carbocycles. The van der Waals surface area contributed by atoms with Gasteiger partial charge in [0, 0.05) is 49.2 Å². The highest BCUT2D eigenvalue weighted by atomic mass is 19.4. The van der Waals surface area contributed by atoms with Crippen molar-refractivity contribution in [2.45, 2.75) is 89.8 Å². The third kappa shape index (κ3) is 6.29. The standard InChI is InChI=1S/C27H37F3N4O3/c1-17(22-9-7-13-37-22)31-21-11-10-18(27(28,29)30)14-20(21)25(35)32-24-15-23(26(2,3)4)33(5)34(24)16-19-8-6-12-36-19/h10-11,14-15,17,19,22,31H,6-9,12-13,16H2,1-5H3/b32-24+/t17?,19-,22+/m1/s1. The van der Waals surface area contributed by atoms with E-state index in [4.69, 9.17) is 9.47 Å². The predicted molar refractivity (Wildman–Crippen MR) is 134 cm³/mol. The smallest absolute Gasteiger partial charge is 0.379 e. The molecule has 0 saturated carbocycles. The summed E-state index contributed by atoms with van der Waals surface area (Å²) in [5.41, 5.74) is 0.405. The normalized spacial score (nSPS) is 22.0. The molecule has 1 amide bonds. The lowest BCUT2D eigenvalue weighted by molar-refractivity contribution is -0.137. The van der Waals surface area contributed by atoms with E-state index in [1.807, 2.05) is 29.4 Å². The first-order valence-corrected chi connectivity index (χ1v) is 12.9. The number of nitrogens with zero attached hydrogens (tertiary/aromatic N) is 3. The summed E-state index contributed by atoms with van der Waals surface area (Å²) in [5, 5.41) is 3.21. The van der Waals surface area contributed by atoms with Gasteiger partial charge in [0.25, 0.3) is 5.91 Å². The minimum absolute atomic E-state index is 0.00600. The molecule has 1 aromatic heterocycles. The maximum absolute atomic E-state index is 13.6. The molecule has 10 heteroatoms. The fourth-order valence-electron chi connectivity index (χ4n) is 5.09. The second kappa shape index (κ2) is 10.6. The first-order chi connectivity index (χ1) is 17.3. The van der Waals surface area contributed by atoms with Crippen LogP contribution < -0.4 is 10.8 Å². The van der Waals surface area contributed by atoms with Gasteiger partial charge < -0.3 is 14.8 Å². The summed E-state index contributed by atoms with van der Waals surface area (Å²) in [7, 11) is 1.90. The zero-order chi connectivity index (χ0) is 27.0. The molecule has 2 saturated heterocycles. The lowest BCUT2D eigenvalue weighted by atomic mass is 9.92. The Bertz CT molecular complexity index is 1180. The lowest BCUT2D eigenvalue weighted by Crippen LogP contribution is -2.31. The highest BCUT2D eigenvalue weighted by Crippen LogP contribution is 2.33. The maximum Gasteiger partial charge on any atom is 0.416 e. The second-order valence-electron chi connectivity index (χ2n) is 11.0. The molecule has 3 atom stereocenters. The van der Waals surface area contributed by atoms with Crippen LogP contribution in [0.3, 0.4) is 0 Å². The van der Waals surface area contributed by atoms with Crippen molar-refractivity contribution in [1.82, 2.24) is 9.36 Å². The number of hydrogen-bond donors (Lipinski definition) is 1. The van der Waals surface area contributed by atoms with Gasteiger partial charge in [0.05, 0.1) is 29.9 Å². The van der Waals surface area contributed by atoms with Gasteiger partial charge in [-0.15, -0.1) is 0 Å². The van der Waals surface area contributed by atoms with E-state index >= 15 is 0 Å². The molecule has 0 spiro atoms. The SMILES string of the molecule is CC(Nc1ccc(C(F)(F)F)cc1C(=O)/N=c1\cc(C(C)(C)C)n(C)n1C[C@H]1CCCO1)[C@@H]1CCCO1. The van der Waals surface area contributed by atoms with E-state index in [1.165, 1.54) is 6.07 Å². The van der Waals surface area contributed by atoms with Gasteiger partial charge in [-0.25, -0.2) is 0 Å². The molecule has 2 aliphatic heterocycles. The Labute approximate surface area is 215 Å². The number of amides is 1. The van der Waals surface area contributed by atoms with Crippen molar-refractivity contribution in [3.8, 4) is 0 Å². The number of alkyl halides is 3. The topological polar surface area (TPSA) is 69.8 Å². The van der Waals surface area contributed by atoms with Crippen molar-refractivity contribution >= 4 is 11.6 Å². The number of carbonyl (C=O) groups is 1. The minimum Gasteiger partial charge on any atom is -0.379 e. The molecule has 2 fully saturated rings. The summed E-state index contributed by atoms with van der Waals surface area (Å²) in [6, 6.07) is 4.83. The van der Waals surface area contributed by atoms with Gasteiger partial charge in [0.2, 0.25) is 0 Å². The fourth-order valence-corrected chi connectivity index (χ4v) is 5.09. The van der Waals surface area contributed by atoms with E-state index in [9.17, 15) is 18.0 Å². The van der Waals surface area contributed by atoms with Crippen LogP contribution in [0.1, 0.15) is 75.0 Å². The van der Waals surface area contributed by atoms with Crippen LogP contribution in [-0.4, -0.2) is 46.7 Å². The Hall–Kier alpha value is -2.59. The van der Waals surface area contributed by atoms with Crippen LogP contribution in [0.2, 0.25) is 0 Å². The van der Waals surface area contributed by atoms with E-state index in [2.05, 4.69) is 31.1 Å². The van der Waals surface area contributed by atoms with Crippen molar-refractivity contribution in [1.29, 1.82) is 0 Å². The molecule has 37 heavy (non-hydrogen) atoms. The summed E-state index contributed by atoms with van der Waals surface area (Å²) in [6.07, 6.45) is -1.01. The van der Waals surface area contributed by atoms with Gasteiger partial charge in [-0.2, -0.15) is 18.2 Å². The third-order valence-electron chi connectivity index (χ3n) is 7.11. The minimum atomic E-state index is -4.58. The average molecular weight is 523 g/mol. The Morgan fingerprint density at radius 2 is 1.84 bits per heavy atom. The molecule has 0 radical (unpaired) electrons. The van der Waals surface area contributed by atoms with Crippen LogP contribution in [0.4, 0.5) is 18.9 Å². The fraction of sp³-hybridized carbons (Fsp3) is 0.630. The molecule has 2 aromatic rings. The number of carbonyl (C=O) groups excluding carboxylic acids is 1. The zero-order valence-corrected chi connectivity index (χ0v) is 22.2. The van der Waals surface area contributed by atoms with Crippen molar-refractivity contribution in [2.75, 3.05) is 18.5 Å². The molecular weight excluding hydrogens is 485 g/mol. The largest absolute Gasteiger partial charge is 0.416 e. The monoisotopic (exact) mass is 522 g/mol. The second-order valence-corrected chi connectivity index (χ2v) is 11.0. The Balaban J connectivity index is 1.76. The Kier molecular flexibility index (Phi) is 7.90. The van der Waals surface area contributed by atoms with Crippen molar-refractivity contribution in [3.05, 3.63) is 46.6 Å². The van der Waals surface area contributed by atoms with E-state index in [0.29, 0.717) is 30.9 Å². The number of nitrogens with one attached hydrogen (secondary N) is 1. The van der Waals surface area contributed by atoms with Gasteiger partial charge >= 0.3 is 6.18 Å². The molecule has 2 aliphatic rings. The first-order valence-electron chi connectivity index (χ1n) is 12.9. The maximum atomic E-state index is 13.6. The van der Waals surface area contributed by atoms with Crippen molar-refractivity contribution in [2.24, 2.45) is 12.0 Å². The lowest BCUT2D eigenvalue weighted by Gasteiger charge is -2.23. The van der Waals surface area contributed by atoms with E-state index in [0.717, 1.165) is 43.5 Å². The third-order valence-corrected chi connectivity index (χ3v) is 7.11. The van der Waals surface area contributed by atoms with Gasteiger partial charge in [-0.1, -0.05) is 20.8 Å². The summed E-state index contributed by atoms with van der Waals surface area (Å²) in [4.78, 5) is 17.9. The number of hydrogen-bond acceptors (Lipinski definition) is 4. The van der Waals surface area contributed by atoms with Crippen LogP contribution in [0.5, 0.6) is 0 Å². The number of aromatic nitrogens is 2. The number of halogens is 3. The zero-order valence-electron chi connectivity index (χ0n) is 22.2. The van der Waals surface area contributed by atoms with E-state index in [1.54, 1.807) is 0 Å². The Morgan fingerprint density at radius 1 is 1.14 bits per heavy atom. The predicted octanol–water partition coefficient (Wildman–Crippen LogP) is 5.04. The summed E-state index contributed by atoms with van der Waals surface area (Å²) < 4.78 is 56.1.